The predicted molar refractivity (Wildman–Crippen MR) is 85.9 cm³/mol. The number of rotatable bonds is 4. The number of hydrogen-bond donors (Lipinski definition) is 1. The molecule has 3 nitrogen and oxygen atoms in total. The highest BCUT2D eigenvalue weighted by molar-refractivity contribution is 9.10. The SMILES string of the molecule is Cc1nc(COc2ccc(Br)cc2C(N)=S)sc1C. The van der Waals surface area contributed by atoms with Gasteiger partial charge in [-0.05, 0) is 32.0 Å². The Bertz CT molecular complexity index is 606. The molecule has 0 spiro atoms. The third kappa shape index (κ3) is 3.52. The fraction of sp³-hybridized carbons (Fsp3) is 0.231. The summed E-state index contributed by atoms with van der Waals surface area (Å²) >= 11 is 10.1. The second kappa shape index (κ2) is 5.98. The molecule has 0 radical (unpaired) electrons. The van der Waals surface area contributed by atoms with Crippen molar-refractivity contribution < 1.29 is 4.74 Å². The molecule has 2 rings (SSSR count). The van der Waals surface area contributed by atoms with Crippen LogP contribution in [0.3, 0.4) is 0 Å². The predicted octanol–water partition coefficient (Wildman–Crippen LogP) is 3.74. The molecule has 0 aliphatic carbocycles. The van der Waals surface area contributed by atoms with Crippen molar-refractivity contribution in [3.63, 3.8) is 0 Å². The summed E-state index contributed by atoms with van der Waals surface area (Å²) in [6, 6.07) is 5.61. The van der Waals surface area contributed by atoms with Crippen LogP contribution in [-0.2, 0) is 6.61 Å². The molecule has 0 atom stereocenters. The summed E-state index contributed by atoms with van der Waals surface area (Å²) in [6.45, 7) is 4.47. The molecule has 100 valence electrons. The van der Waals surface area contributed by atoms with Crippen molar-refractivity contribution in [2.45, 2.75) is 20.5 Å². The molecule has 0 amide bonds. The quantitative estimate of drug-likeness (QED) is 0.847. The van der Waals surface area contributed by atoms with Crippen molar-refractivity contribution in [3.05, 3.63) is 43.8 Å². The summed E-state index contributed by atoms with van der Waals surface area (Å²) < 4.78 is 6.69. The maximum absolute atomic E-state index is 5.77. The van der Waals surface area contributed by atoms with Gasteiger partial charge < -0.3 is 10.5 Å². The van der Waals surface area contributed by atoms with E-state index in [2.05, 4.69) is 27.8 Å². The van der Waals surface area contributed by atoms with Gasteiger partial charge in [-0.2, -0.15) is 0 Å². The first kappa shape index (κ1) is 14.4. The van der Waals surface area contributed by atoms with Gasteiger partial charge in [-0.1, -0.05) is 28.1 Å². The Morgan fingerprint density at radius 3 is 2.79 bits per heavy atom. The van der Waals surface area contributed by atoms with Gasteiger partial charge in [0.15, 0.2) is 0 Å². The Morgan fingerprint density at radius 1 is 1.47 bits per heavy atom. The summed E-state index contributed by atoms with van der Waals surface area (Å²) in [6.07, 6.45) is 0. The third-order valence-corrected chi connectivity index (χ3v) is 4.39. The number of nitrogens with two attached hydrogens (primary N) is 1. The Hall–Kier alpha value is -0.980. The van der Waals surface area contributed by atoms with Gasteiger partial charge in [0.2, 0.25) is 0 Å². The first-order valence-electron chi connectivity index (χ1n) is 5.62. The molecule has 0 aliphatic rings. The molecular weight excluding hydrogens is 344 g/mol. The van der Waals surface area contributed by atoms with Gasteiger partial charge in [0.05, 0.1) is 11.3 Å². The number of nitrogens with zero attached hydrogens (tertiary/aromatic N) is 1. The van der Waals surface area contributed by atoms with E-state index in [0.29, 0.717) is 17.3 Å². The van der Waals surface area contributed by atoms with E-state index in [9.17, 15) is 0 Å². The van der Waals surface area contributed by atoms with E-state index in [1.54, 1.807) is 11.3 Å². The number of thiocarbonyl (C=S) groups is 1. The van der Waals surface area contributed by atoms with E-state index in [1.165, 1.54) is 4.88 Å². The first-order valence-corrected chi connectivity index (χ1v) is 7.64. The highest BCUT2D eigenvalue weighted by Gasteiger charge is 2.09. The molecule has 6 heteroatoms. The van der Waals surface area contributed by atoms with E-state index in [0.717, 1.165) is 20.7 Å². The van der Waals surface area contributed by atoms with Crippen LogP contribution in [0.5, 0.6) is 5.75 Å². The second-order valence-corrected chi connectivity index (χ2v) is 6.69. The molecule has 1 aromatic heterocycles. The molecule has 0 fully saturated rings. The molecule has 0 saturated heterocycles. The topological polar surface area (TPSA) is 48.1 Å². The summed E-state index contributed by atoms with van der Waals surface area (Å²) in [5.74, 6) is 0.682. The first-order chi connectivity index (χ1) is 8.97. The zero-order chi connectivity index (χ0) is 14.0. The van der Waals surface area contributed by atoms with Crippen LogP contribution in [0.1, 0.15) is 21.1 Å². The minimum atomic E-state index is 0.322. The molecule has 0 saturated carbocycles. The van der Waals surface area contributed by atoms with E-state index >= 15 is 0 Å². The largest absolute Gasteiger partial charge is 0.486 e. The standard InChI is InChI=1S/C13H13BrN2OS2/c1-7-8(2)19-12(16-7)6-17-11-4-3-9(14)5-10(11)13(15)18/h3-5H,6H2,1-2H3,(H2,15,18). The van der Waals surface area contributed by atoms with Crippen LogP contribution in [0.25, 0.3) is 0 Å². The number of benzene rings is 1. The zero-order valence-corrected chi connectivity index (χ0v) is 13.8. The number of ether oxygens (including phenoxy) is 1. The van der Waals surface area contributed by atoms with Crippen molar-refractivity contribution in [2.75, 3.05) is 0 Å². The molecule has 1 heterocycles. The number of thiazole rings is 1. The molecule has 2 aromatic rings. The molecule has 19 heavy (non-hydrogen) atoms. The van der Waals surface area contributed by atoms with E-state index in [-0.39, 0.29) is 0 Å². The Morgan fingerprint density at radius 2 is 2.21 bits per heavy atom. The summed E-state index contributed by atoms with van der Waals surface area (Å²) in [5, 5.41) is 0.951. The maximum atomic E-state index is 5.77. The van der Waals surface area contributed by atoms with Crippen LogP contribution in [0.15, 0.2) is 22.7 Å². The average Bonchev–Trinajstić information content (AvgIpc) is 2.67. The van der Waals surface area contributed by atoms with Gasteiger partial charge in [-0.25, -0.2) is 4.98 Å². The molecular formula is C13H13BrN2OS2. The van der Waals surface area contributed by atoms with Crippen molar-refractivity contribution >= 4 is 44.5 Å². The van der Waals surface area contributed by atoms with Crippen molar-refractivity contribution in [3.8, 4) is 5.75 Å². The van der Waals surface area contributed by atoms with Crippen LogP contribution in [0, 0.1) is 13.8 Å². The number of halogens is 1. The minimum absolute atomic E-state index is 0.322. The van der Waals surface area contributed by atoms with Crippen LogP contribution in [0.2, 0.25) is 0 Å². The van der Waals surface area contributed by atoms with Crippen molar-refractivity contribution in [2.24, 2.45) is 5.73 Å². The normalized spacial score (nSPS) is 10.5. The monoisotopic (exact) mass is 356 g/mol. The molecule has 2 N–H and O–H groups in total. The van der Waals surface area contributed by atoms with Gasteiger partial charge in [-0.3, -0.25) is 0 Å². The molecule has 1 aromatic carbocycles. The Balaban J connectivity index is 2.17. The minimum Gasteiger partial charge on any atom is -0.486 e. The molecule has 0 unspecified atom stereocenters. The van der Waals surface area contributed by atoms with Gasteiger partial charge in [0, 0.05) is 9.35 Å². The summed E-state index contributed by atoms with van der Waals surface area (Å²) in [5.41, 5.74) is 7.48. The Kier molecular flexibility index (Phi) is 4.54. The number of aromatic nitrogens is 1. The smallest absolute Gasteiger partial charge is 0.140 e. The third-order valence-electron chi connectivity index (χ3n) is 2.63. The van der Waals surface area contributed by atoms with Gasteiger partial charge >= 0.3 is 0 Å². The van der Waals surface area contributed by atoms with E-state index in [1.807, 2.05) is 25.1 Å². The van der Waals surface area contributed by atoms with Crippen LogP contribution < -0.4 is 10.5 Å². The fourth-order valence-corrected chi connectivity index (χ4v) is 2.93. The fourth-order valence-electron chi connectivity index (χ4n) is 1.56. The molecule has 0 bridgehead atoms. The lowest BCUT2D eigenvalue weighted by molar-refractivity contribution is 0.305. The summed E-state index contributed by atoms with van der Waals surface area (Å²) in [7, 11) is 0. The number of hydrogen-bond acceptors (Lipinski definition) is 4. The van der Waals surface area contributed by atoms with E-state index in [4.69, 9.17) is 22.7 Å². The van der Waals surface area contributed by atoms with Crippen molar-refractivity contribution in [1.29, 1.82) is 0 Å². The van der Waals surface area contributed by atoms with Crippen LogP contribution in [-0.4, -0.2) is 9.97 Å². The highest BCUT2D eigenvalue weighted by Crippen LogP contribution is 2.25. The second-order valence-electron chi connectivity index (χ2n) is 4.04. The van der Waals surface area contributed by atoms with Gasteiger partial charge in [-0.15, -0.1) is 11.3 Å². The molecule has 0 aliphatic heterocycles. The van der Waals surface area contributed by atoms with E-state index < -0.39 is 0 Å². The van der Waals surface area contributed by atoms with Gasteiger partial charge in [0.1, 0.15) is 22.4 Å². The summed E-state index contributed by atoms with van der Waals surface area (Å²) in [4.78, 5) is 5.97. The van der Waals surface area contributed by atoms with Crippen LogP contribution >= 0.6 is 39.5 Å². The zero-order valence-electron chi connectivity index (χ0n) is 10.6. The lowest BCUT2D eigenvalue weighted by Gasteiger charge is -2.09. The lowest BCUT2D eigenvalue weighted by atomic mass is 10.2. The lowest BCUT2D eigenvalue weighted by Crippen LogP contribution is -2.11. The number of aryl methyl sites for hydroxylation is 2. The highest BCUT2D eigenvalue weighted by atomic mass is 79.9. The van der Waals surface area contributed by atoms with Gasteiger partial charge in [0.25, 0.3) is 0 Å². The van der Waals surface area contributed by atoms with Crippen molar-refractivity contribution in [1.82, 2.24) is 4.98 Å². The van der Waals surface area contributed by atoms with Crippen LogP contribution in [0.4, 0.5) is 0 Å². The average molecular weight is 357 g/mol. The maximum Gasteiger partial charge on any atom is 0.140 e. The Labute approximate surface area is 129 Å².